The summed E-state index contributed by atoms with van der Waals surface area (Å²) in [4.78, 5) is 15.7. The van der Waals surface area contributed by atoms with E-state index in [1.807, 2.05) is 11.8 Å². The maximum absolute atomic E-state index is 11.4. The Hall–Kier alpha value is -0.610. The van der Waals surface area contributed by atoms with Gasteiger partial charge in [0.1, 0.15) is 0 Å². The predicted octanol–water partition coefficient (Wildman–Crippen LogP) is 0.278. The average molecular weight is 213 g/mol. The molecule has 4 heteroatoms. The van der Waals surface area contributed by atoms with Crippen molar-refractivity contribution in [1.82, 2.24) is 9.80 Å². The smallest absolute Gasteiger partial charge is 0.219 e. The highest BCUT2D eigenvalue weighted by Crippen LogP contribution is 2.16. The van der Waals surface area contributed by atoms with Crippen LogP contribution >= 0.6 is 0 Å². The molecule has 88 valence electrons. The van der Waals surface area contributed by atoms with Crippen molar-refractivity contribution in [3.8, 4) is 0 Å². The van der Waals surface area contributed by atoms with E-state index in [-0.39, 0.29) is 5.91 Å². The Kier molecular flexibility index (Phi) is 5.05. The number of hydrogen-bond donors (Lipinski definition) is 1. The van der Waals surface area contributed by atoms with Gasteiger partial charge < -0.3 is 15.5 Å². The molecule has 0 bridgehead atoms. The van der Waals surface area contributed by atoms with E-state index in [9.17, 15) is 4.79 Å². The number of likely N-dealkylation sites (tertiary alicyclic amines) is 1. The van der Waals surface area contributed by atoms with Crippen molar-refractivity contribution in [2.24, 2.45) is 5.73 Å². The number of amides is 1. The first kappa shape index (κ1) is 12.5. The van der Waals surface area contributed by atoms with Crippen LogP contribution < -0.4 is 5.73 Å². The molecule has 1 saturated heterocycles. The molecule has 0 saturated carbocycles. The standard InChI is InChI=1S/C11H23N3O/c1-3-14(10(2)15)11-4-7-13(8-5-11)9-6-12/h11H,3-9,12H2,1-2H3. The molecule has 15 heavy (non-hydrogen) atoms. The minimum Gasteiger partial charge on any atom is -0.340 e. The van der Waals surface area contributed by atoms with Crippen LogP contribution in [-0.4, -0.2) is 54.5 Å². The molecule has 4 nitrogen and oxygen atoms in total. The van der Waals surface area contributed by atoms with Gasteiger partial charge in [-0.1, -0.05) is 0 Å². The van der Waals surface area contributed by atoms with Gasteiger partial charge in [-0.25, -0.2) is 0 Å². The van der Waals surface area contributed by atoms with Gasteiger partial charge in [0.15, 0.2) is 0 Å². The average Bonchev–Trinajstić information content (AvgIpc) is 2.21. The molecule has 0 aromatic carbocycles. The van der Waals surface area contributed by atoms with Gasteiger partial charge in [0.25, 0.3) is 0 Å². The summed E-state index contributed by atoms with van der Waals surface area (Å²) < 4.78 is 0. The third-order valence-electron chi connectivity index (χ3n) is 3.19. The van der Waals surface area contributed by atoms with Gasteiger partial charge in [-0.2, -0.15) is 0 Å². The van der Waals surface area contributed by atoms with E-state index >= 15 is 0 Å². The van der Waals surface area contributed by atoms with Crippen LogP contribution in [0.3, 0.4) is 0 Å². The third kappa shape index (κ3) is 3.47. The van der Waals surface area contributed by atoms with Crippen molar-refractivity contribution in [3.63, 3.8) is 0 Å². The fourth-order valence-electron chi connectivity index (χ4n) is 2.38. The quantitative estimate of drug-likeness (QED) is 0.729. The van der Waals surface area contributed by atoms with E-state index in [1.54, 1.807) is 6.92 Å². The molecule has 0 spiro atoms. The highest BCUT2D eigenvalue weighted by molar-refractivity contribution is 5.73. The summed E-state index contributed by atoms with van der Waals surface area (Å²) in [6.45, 7) is 8.41. The summed E-state index contributed by atoms with van der Waals surface area (Å²) in [5.41, 5.74) is 5.52. The van der Waals surface area contributed by atoms with Gasteiger partial charge >= 0.3 is 0 Å². The normalized spacial score (nSPS) is 19.1. The number of nitrogens with zero attached hydrogens (tertiary/aromatic N) is 2. The summed E-state index contributed by atoms with van der Waals surface area (Å²) in [6, 6.07) is 0.446. The van der Waals surface area contributed by atoms with Crippen LogP contribution in [0.4, 0.5) is 0 Å². The lowest BCUT2D eigenvalue weighted by molar-refractivity contribution is -0.131. The van der Waals surface area contributed by atoms with Gasteiger partial charge in [-0.3, -0.25) is 4.79 Å². The van der Waals surface area contributed by atoms with E-state index < -0.39 is 0 Å². The van der Waals surface area contributed by atoms with Crippen molar-refractivity contribution in [1.29, 1.82) is 0 Å². The lowest BCUT2D eigenvalue weighted by Gasteiger charge is -2.37. The monoisotopic (exact) mass is 213 g/mol. The number of piperidine rings is 1. The second-order valence-corrected chi connectivity index (χ2v) is 4.17. The molecule has 1 aliphatic rings. The van der Waals surface area contributed by atoms with Gasteiger partial charge in [0.2, 0.25) is 5.91 Å². The second-order valence-electron chi connectivity index (χ2n) is 4.17. The largest absolute Gasteiger partial charge is 0.340 e. The predicted molar refractivity (Wildman–Crippen MR) is 61.6 cm³/mol. The Labute approximate surface area is 92.4 Å². The Morgan fingerprint density at radius 1 is 1.47 bits per heavy atom. The van der Waals surface area contributed by atoms with Crippen LogP contribution in [-0.2, 0) is 4.79 Å². The van der Waals surface area contributed by atoms with Gasteiger partial charge in [-0.05, 0) is 19.8 Å². The molecule has 1 aliphatic heterocycles. The zero-order valence-electron chi connectivity index (χ0n) is 9.91. The van der Waals surface area contributed by atoms with Crippen LogP contribution in [0.1, 0.15) is 26.7 Å². The summed E-state index contributed by atoms with van der Waals surface area (Å²) in [7, 11) is 0. The number of nitrogens with two attached hydrogens (primary N) is 1. The van der Waals surface area contributed by atoms with Gasteiger partial charge in [0, 0.05) is 45.7 Å². The maximum atomic E-state index is 11.4. The van der Waals surface area contributed by atoms with Crippen LogP contribution in [0.2, 0.25) is 0 Å². The minimum absolute atomic E-state index is 0.203. The lowest BCUT2D eigenvalue weighted by Crippen LogP contribution is -2.47. The van der Waals surface area contributed by atoms with E-state index in [2.05, 4.69) is 4.90 Å². The molecule has 0 unspecified atom stereocenters. The first-order valence-corrected chi connectivity index (χ1v) is 5.88. The molecule has 0 radical (unpaired) electrons. The van der Waals surface area contributed by atoms with Crippen molar-refractivity contribution >= 4 is 5.91 Å². The van der Waals surface area contributed by atoms with Crippen LogP contribution in [0, 0.1) is 0 Å². The highest BCUT2D eigenvalue weighted by atomic mass is 16.2. The van der Waals surface area contributed by atoms with E-state index in [4.69, 9.17) is 5.73 Å². The fourth-order valence-corrected chi connectivity index (χ4v) is 2.38. The van der Waals surface area contributed by atoms with Gasteiger partial charge in [-0.15, -0.1) is 0 Å². The lowest BCUT2D eigenvalue weighted by atomic mass is 10.0. The van der Waals surface area contributed by atoms with E-state index in [0.29, 0.717) is 6.04 Å². The minimum atomic E-state index is 0.203. The molecule has 0 aliphatic carbocycles. The van der Waals surface area contributed by atoms with Gasteiger partial charge in [0.05, 0.1) is 0 Å². The molecule has 1 fully saturated rings. The van der Waals surface area contributed by atoms with Crippen molar-refractivity contribution in [3.05, 3.63) is 0 Å². The Balaban J connectivity index is 2.38. The second kappa shape index (κ2) is 6.08. The Bertz CT molecular complexity index is 200. The van der Waals surface area contributed by atoms with Crippen LogP contribution in [0.25, 0.3) is 0 Å². The summed E-state index contributed by atoms with van der Waals surface area (Å²) in [5, 5.41) is 0. The Morgan fingerprint density at radius 2 is 2.07 bits per heavy atom. The third-order valence-corrected chi connectivity index (χ3v) is 3.19. The molecule has 1 heterocycles. The summed E-state index contributed by atoms with van der Waals surface area (Å²) in [5.74, 6) is 0.203. The fraction of sp³-hybridized carbons (Fsp3) is 0.909. The van der Waals surface area contributed by atoms with Crippen LogP contribution in [0.5, 0.6) is 0 Å². The molecule has 0 aromatic heterocycles. The molecule has 1 rings (SSSR count). The van der Waals surface area contributed by atoms with E-state index in [1.165, 1.54) is 0 Å². The molecular formula is C11H23N3O. The molecule has 1 amide bonds. The zero-order chi connectivity index (χ0) is 11.3. The van der Waals surface area contributed by atoms with Crippen LogP contribution in [0.15, 0.2) is 0 Å². The highest BCUT2D eigenvalue weighted by Gasteiger charge is 2.24. The molecule has 0 atom stereocenters. The zero-order valence-corrected chi connectivity index (χ0v) is 9.91. The number of rotatable bonds is 4. The van der Waals surface area contributed by atoms with Crippen molar-refractivity contribution < 1.29 is 4.79 Å². The number of carbonyl (C=O) groups is 1. The first-order valence-electron chi connectivity index (χ1n) is 5.88. The van der Waals surface area contributed by atoms with Crippen molar-refractivity contribution in [2.75, 3.05) is 32.7 Å². The number of carbonyl (C=O) groups excluding carboxylic acids is 1. The maximum Gasteiger partial charge on any atom is 0.219 e. The SMILES string of the molecule is CCN(C(C)=O)C1CCN(CCN)CC1. The molecule has 0 aromatic rings. The van der Waals surface area contributed by atoms with Crippen molar-refractivity contribution in [2.45, 2.75) is 32.7 Å². The summed E-state index contributed by atoms with van der Waals surface area (Å²) in [6.07, 6.45) is 2.18. The number of hydrogen-bond acceptors (Lipinski definition) is 3. The molecule has 2 N–H and O–H groups in total. The first-order chi connectivity index (χ1) is 7.19. The topological polar surface area (TPSA) is 49.6 Å². The Morgan fingerprint density at radius 3 is 2.47 bits per heavy atom. The van der Waals surface area contributed by atoms with E-state index in [0.717, 1.165) is 45.6 Å². The molecular weight excluding hydrogens is 190 g/mol. The summed E-state index contributed by atoms with van der Waals surface area (Å²) >= 11 is 0.